The molecule has 2 nitrogen and oxygen atoms in total. The van der Waals surface area contributed by atoms with Crippen molar-refractivity contribution in [3.05, 3.63) is 109 Å². The molecule has 0 aliphatic carbocycles. The molecule has 27 heavy (non-hydrogen) atoms. The number of nitrogens with zero attached hydrogens (tertiary/aromatic N) is 1. The lowest BCUT2D eigenvalue weighted by atomic mass is 10.0. The van der Waals surface area contributed by atoms with Crippen LogP contribution in [-0.4, -0.2) is 6.41 Å². The molecule has 0 unspecified atom stereocenters. The third-order valence-electron chi connectivity index (χ3n) is 4.61. The standard InChI is InChI=1S/C25H19NO/c27-19-26(24-15-11-22(12-16-24)20-7-3-1-4-8-20)25-17-13-23(14-18-25)21-9-5-2-6-10-21/h1-19H. The van der Waals surface area contributed by atoms with E-state index in [1.54, 1.807) is 4.90 Å². The third-order valence-corrected chi connectivity index (χ3v) is 4.61. The van der Waals surface area contributed by atoms with Gasteiger partial charge in [0.25, 0.3) is 0 Å². The molecule has 0 saturated carbocycles. The number of carbonyl (C=O) groups excluding carboxylic acids is 1. The van der Waals surface area contributed by atoms with Crippen LogP contribution in [0.15, 0.2) is 109 Å². The van der Waals surface area contributed by atoms with Crippen molar-refractivity contribution in [2.45, 2.75) is 0 Å². The van der Waals surface area contributed by atoms with E-state index in [0.29, 0.717) is 0 Å². The Labute approximate surface area is 159 Å². The molecule has 0 fully saturated rings. The quantitative estimate of drug-likeness (QED) is 0.386. The lowest BCUT2D eigenvalue weighted by Gasteiger charge is -2.18. The van der Waals surface area contributed by atoms with E-state index >= 15 is 0 Å². The molecule has 1 amide bonds. The Hall–Kier alpha value is -3.65. The van der Waals surface area contributed by atoms with E-state index in [1.807, 2.05) is 84.9 Å². The van der Waals surface area contributed by atoms with E-state index in [9.17, 15) is 4.79 Å². The van der Waals surface area contributed by atoms with Gasteiger partial charge in [0.2, 0.25) is 6.41 Å². The predicted molar refractivity (Wildman–Crippen MR) is 112 cm³/mol. The zero-order valence-corrected chi connectivity index (χ0v) is 14.8. The summed E-state index contributed by atoms with van der Waals surface area (Å²) in [5, 5.41) is 0. The predicted octanol–water partition coefficient (Wildman–Crippen LogP) is 6.32. The average Bonchev–Trinajstić information content (AvgIpc) is 2.76. The molecule has 4 aromatic carbocycles. The summed E-state index contributed by atoms with van der Waals surface area (Å²) in [6.07, 6.45) is 0.856. The molecule has 0 bridgehead atoms. The largest absolute Gasteiger partial charge is 0.284 e. The molecule has 0 aliphatic rings. The van der Waals surface area contributed by atoms with Crippen molar-refractivity contribution in [2.75, 3.05) is 4.90 Å². The highest BCUT2D eigenvalue weighted by atomic mass is 16.1. The SMILES string of the molecule is O=CN(c1ccc(-c2ccccc2)cc1)c1ccc(-c2ccccc2)cc1. The summed E-state index contributed by atoms with van der Waals surface area (Å²) in [4.78, 5) is 13.4. The molecular formula is C25H19NO. The van der Waals surface area contributed by atoms with E-state index in [1.165, 1.54) is 0 Å². The summed E-state index contributed by atoms with van der Waals surface area (Å²) in [6.45, 7) is 0. The second-order valence-electron chi connectivity index (χ2n) is 6.30. The fourth-order valence-corrected chi connectivity index (χ4v) is 3.16. The first-order valence-corrected chi connectivity index (χ1v) is 8.91. The van der Waals surface area contributed by atoms with E-state index in [0.717, 1.165) is 40.0 Å². The van der Waals surface area contributed by atoms with Gasteiger partial charge < -0.3 is 0 Å². The van der Waals surface area contributed by atoms with Crippen LogP contribution in [0.25, 0.3) is 22.3 Å². The zero-order chi connectivity index (χ0) is 18.5. The highest BCUT2D eigenvalue weighted by Crippen LogP contribution is 2.29. The van der Waals surface area contributed by atoms with Crippen molar-refractivity contribution < 1.29 is 4.79 Å². The average molecular weight is 349 g/mol. The van der Waals surface area contributed by atoms with Crippen LogP contribution in [-0.2, 0) is 4.79 Å². The number of hydrogen-bond acceptors (Lipinski definition) is 1. The second kappa shape index (κ2) is 7.71. The molecule has 0 aliphatic heterocycles. The molecule has 0 atom stereocenters. The van der Waals surface area contributed by atoms with Crippen LogP contribution in [0.3, 0.4) is 0 Å². The van der Waals surface area contributed by atoms with Crippen LogP contribution in [0, 0.1) is 0 Å². The molecule has 130 valence electrons. The lowest BCUT2D eigenvalue weighted by molar-refractivity contribution is -0.106. The van der Waals surface area contributed by atoms with E-state index in [4.69, 9.17) is 0 Å². The maximum absolute atomic E-state index is 11.7. The Balaban J connectivity index is 1.59. The first-order valence-electron chi connectivity index (χ1n) is 8.91. The fourth-order valence-electron chi connectivity index (χ4n) is 3.16. The highest BCUT2D eigenvalue weighted by molar-refractivity contribution is 5.87. The van der Waals surface area contributed by atoms with Crippen LogP contribution in [0.1, 0.15) is 0 Å². The summed E-state index contributed by atoms with van der Waals surface area (Å²) in [5.41, 5.74) is 6.27. The second-order valence-corrected chi connectivity index (χ2v) is 6.30. The molecule has 0 radical (unpaired) electrons. The first kappa shape index (κ1) is 16.8. The Morgan fingerprint density at radius 1 is 0.444 bits per heavy atom. The van der Waals surface area contributed by atoms with Crippen molar-refractivity contribution in [1.29, 1.82) is 0 Å². The van der Waals surface area contributed by atoms with Gasteiger partial charge in [0.05, 0.1) is 0 Å². The Kier molecular flexibility index (Phi) is 4.80. The Bertz CT molecular complexity index is 924. The molecular weight excluding hydrogens is 330 g/mol. The van der Waals surface area contributed by atoms with Gasteiger partial charge in [0.1, 0.15) is 0 Å². The minimum atomic E-state index is 0.845. The van der Waals surface area contributed by atoms with E-state index < -0.39 is 0 Å². The highest BCUT2D eigenvalue weighted by Gasteiger charge is 2.09. The fraction of sp³-hybridized carbons (Fsp3) is 0. The normalized spacial score (nSPS) is 10.4. The molecule has 0 heterocycles. The van der Waals surface area contributed by atoms with Gasteiger partial charge in [0, 0.05) is 11.4 Å². The van der Waals surface area contributed by atoms with Gasteiger partial charge in [-0.3, -0.25) is 9.69 Å². The van der Waals surface area contributed by atoms with Crippen molar-refractivity contribution >= 4 is 17.8 Å². The zero-order valence-electron chi connectivity index (χ0n) is 14.8. The molecule has 0 saturated heterocycles. The van der Waals surface area contributed by atoms with Crippen LogP contribution < -0.4 is 4.90 Å². The van der Waals surface area contributed by atoms with Gasteiger partial charge in [-0.2, -0.15) is 0 Å². The van der Waals surface area contributed by atoms with Crippen molar-refractivity contribution in [3.8, 4) is 22.3 Å². The van der Waals surface area contributed by atoms with Gasteiger partial charge >= 0.3 is 0 Å². The number of hydrogen-bond donors (Lipinski definition) is 0. The van der Waals surface area contributed by atoms with Crippen molar-refractivity contribution in [3.63, 3.8) is 0 Å². The summed E-state index contributed by atoms with van der Waals surface area (Å²) in [7, 11) is 0. The maximum Gasteiger partial charge on any atom is 0.218 e. The van der Waals surface area contributed by atoms with E-state index in [-0.39, 0.29) is 0 Å². The first-order chi connectivity index (χ1) is 13.3. The lowest BCUT2D eigenvalue weighted by Crippen LogP contribution is -2.13. The van der Waals surface area contributed by atoms with Crippen LogP contribution in [0.5, 0.6) is 0 Å². The van der Waals surface area contributed by atoms with Crippen molar-refractivity contribution in [1.82, 2.24) is 0 Å². The third kappa shape index (κ3) is 3.65. The number of benzene rings is 4. The maximum atomic E-state index is 11.7. The molecule has 2 heteroatoms. The summed E-state index contributed by atoms with van der Waals surface area (Å²) >= 11 is 0. The summed E-state index contributed by atoms with van der Waals surface area (Å²) in [5.74, 6) is 0. The van der Waals surface area contributed by atoms with Gasteiger partial charge in [0.15, 0.2) is 0 Å². The van der Waals surface area contributed by atoms with Crippen LogP contribution in [0.4, 0.5) is 11.4 Å². The van der Waals surface area contributed by atoms with E-state index in [2.05, 4.69) is 24.3 Å². The topological polar surface area (TPSA) is 20.3 Å². The Morgan fingerprint density at radius 3 is 1.11 bits per heavy atom. The van der Waals surface area contributed by atoms with Gasteiger partial charge in [-0.1, -0.05) is 84.9 Å². The molecule has 4 rings (SSSR count). The van der Waals surface area contributed by atoms with Gasteiger partial charge in [-0.15, -0.1) is 0 Å². The molecule has 0 spiro atoms. The number of anilines is 2. The van der Waals surface area contributed by atoms with Crippen LogP contribution >= 0.6 is 0 Å². The number of amides is 1. The molecule has 0 N–H and O–H groups in total. The minimum absolute atomic E-state index is 0.845. The monoisotopic (exact) mass is 349 g/mol. The molecule has 0 aromatic heterocycles. The van der Waals surface area contributed by atoms with Crippen molar-refractivity contribution in [2.24, 2.45) is 0 Å². The minimum Gasteiger partial charge on any atom is -0.284 e. The molecule has 4 aromatic rings. The number of rotatable bonds is 5. The number of carbonyl (C=O) groups is 1. The van der Waals surface area contributed by atoms with Crippen LogP contribution in [0.2, 0.25) is 0 Å². The Morgan fingerprint density at radius 2 is 0.778 bits per heavy atom. The smallest absolute Gasteiger partial charge is 0.218 e. The van der Waals surface area contributed by atoms with Gasteiger partial charge in [-0.05, 0) is 46.5 Å². The summed E-state index contributed by atoms with van der Waals surface area (Å²) in [6, 6.07) is 36.5. The summed E-state index contributed by atoms with van der Waals surface area (Å²) < 4.78 is 0. The van der Waals surface area contributed by atoms with Gasteiger partial charge in [-0.25, -0.2) is 0 Å².